The van der Waals surface area contributed by atoms with Gasteiger partial charge in [0, 0.05) is 13.1 Å². The molecule has 0 amide bonds. The molecule has 0 unspecified atom stereocenters. The van der Waals surface area contributed by atoms with Gasteiger partial charge in [0.15, 0.2) is 0 Å². The lowest BCUT2D eigenvalue weighted by molar-refractivity contribution is -0.153. The minimum Gasteiger partial charge on any atom is -0.299 e. The molecule has 0 aliphatic rings. The van der Waals surface area contributed by atoms with E-state index < -0.39 is 0 Å². The third kappa shape index (κ3) is 6.32. The fourth-order valence-electron chi connectivity index (χ4n) is 0.952. The van der Waals surface area contributed by atoms with Crippen molar-refractivity contribution in [2.75, 3.05) is 19.7 Å². The molecule has 0 spiro atoms. The first-order valence-electron chi connectivity index (χ1n) is 4.73. The number of hydrogen-bond acceptors (Lipinski definition) is 2. The lowest BCUT2D eigenvalue weighted by atomic mass is 10.3. The van der Waals surface area contributed by atoms with E-state index in [0.717, 1.165) is 19.7 Å². The van der Waals surface area contributed by atoms with Gasteiger partial charge in [-0.1, -0.05) is 33.6 Å². The smallest absolute Gasteiger partial charge is 0.0685 e. The van der Waals surface area contributed by atoms with Gasteiger partial charge in [-0.05, 0) is 6.42 Å². The Morgan fingerprint density at radius 2 is 1.64 bits per heavy atom. The zero-order valence-electron chi connectivity index (χ0n) is 8.10. The largest absolute Gasteiger partial charge is 0.299 e. The van der Waals surface area contributed by atoms with Crippen molar-refractivity contribution in [3.8, 4) is 0 Å². The second kappa shape index (κ2) is 8.02. The molecule has 68 valence electrons. The standard InChI is InChI=1S/C9H21NO/c1-4-7-8-9-11-10(5-2)6-3/h4-9H2,1-3H3. The first-order valence-corrected chi connectivity index (χ1v) is 4.73. The van der Waals surface area contributed by atoms with Crippen LogP contribution in [-0.2, 0) is 4.84 Å². The van der Waals surface area contributed by atoms with Crippen molar-refractivity contribution in [2.45, 2.75) is 40.0 Å². The van der Waals surface area contributed by atoms with Crippen molar-refractivity contribution in [1.29, 1.82) is 0 Å². The van der Waals surface area contributed by atoms with Crippen molar-refractivity contribution in [3.05, 3.63) is 0 Å². The molecule has 0 heterocycles. The number of hydrogen-bond donors (Lipinski definition) is 0. The summed E-state index contributed by atoms with van der Waals surface area (Å²) in [5.74, 6) is 0. The molecule has 2 nitrogen and oxygen atoms in total. The molecule has 0 saturated heterocycles. The monoisotopic (exact) mass is 159 g/mol. The minimum absolute atomic E-state index is 0.884. The Balaban J connectivity index is 3.07. The number of unbranched alkanes of at least 4 members (excludes halogenated alkanes) is 2. The summed E-state index contributed by atoms with van der Waals surface area (Å²) in [5.41, 5.74) is 0. The maximum Gasteiger partial charge on any atom is 0.0685 e. The van der Waals surface area contributed by atoms with Crippen LogP contribution in [0.3, 0.4) is 0 Å². The van der Waals surface area contributed by atoms with Crippen LogP contribution in [0.1, 0.15) is 40.0 Å². The average Bonchev–Trinajstić information content (AvgIpc) is 2.05. The van der Waals surface area contributed by atoms with Crippen molar-refractivity contribution in [1.82, 2.24) is 5.06 Å². The highest BCUT2D eigenvalue weighted by atomic mass is 16.7. The molecule has 0 bridgehead atoms. The van der Waals surface area contributed by atoms with Gasteiger partial charge >= 0.3 is 0 Å². The summed E-state index contributed by atoms with van der Waals surface area (Å²) in [6.45, 7) is 9.30. The van der Waals surface area contributed by atoms with E-state index in [1.165, 1.54) is 19.3 Å². The predicted molar refractivity (Wildman–Crippen MR) is 48.4 cm³/mol. The molecule has 0 aliphatic carbocycles. The highest BCUT2D eigenvalue weighted by Crippen LogP contribution is 1.96. The highest BCUT2D eigenvalue weighted by Gasteiger charge is 1.96. The fourth-order valence-corrected chi connectivity index (χ4v) is 0.952. The average molecular weight is 159 g/mol. The van der Waals surface area contributed by atoms with Gasteiger partial charge in [-0.15, -0.1) is 0 Å². The van der Waals surface area contributed by atoms with E-state index in [4.69, 9.17) is 4.84 Å². The van der Waals surface area contributed by atoms with E-state index in [2.05, 4.69) is 20.8 Å². The van der Waals surface area contributed by atoms with Gasteiger partial charge in [0.05, 0.1) is 6.61 Å². The zero-order chi connectivity index (χ0) is 8.53. The molecule has 0 fully saturated rings. The number of hydroxylamine groups is 2. The Hall–Kier alpha value is -0.0800. The first kappa shape index (κ1) is 10.9. The van der Waals surface area contributed by atoms with Crippen LogP contribution in [0.25, 0.3) is 0 Å². The highest BCUT2D eigenvalue weighted by molar-refractivity contribution is 4.37. The molecule has 0 radical (unpaired) electrons. The first-order chi connectivity index (χ1) is 5.35. The quantitative estimate of drug-likeness (QED) is 0.418. The maximum absolute atomic E-state index is 5.48. The maximum atomic E-state index is 5.48. The van der Waals surface area contributed by atoms with Crippen LogP contribution in [-0.4, -0.2) is 24.8 Å². The topological polar surface area (TPSA) is 12.5 Å². The molecule has 0 aromatic heterocycles. The van der Waals surface area contributed by atoms with Gasteiger partial charge < -0.3 is 0 Å². The van der Waals surface area contributed by atoms with E-state index >= 15 is 0 Å². The molecule has 0 aromatic carbocycles. The summed E-state index contributed by atoms with van der Waals surface area (Å²) in [4.78, 5) is 5.48. The Bertz CT molecular complexity index is 72.0. The lowest BCUT2D eigenvalue weighted by Crippen LogP contribution is -2.23. The summed E-state index contributed by atoms with van der Waals surface area (Å²) < 4.78 is 0. The Kier molecular flexibility index (Phi) is 7.96. The second-order valence-corrected chi connectivity index (χ2v) is 2.65. The summed E-state index contributed by atoms with van der Waals surface area (Å²) in [5, 5.41) is 2.00. The van der Waals surface area contributed by atoms with Crippen molar-refractivity contribution in [2.24, 2.45) is 0 Å². The van der Waals surface area contributed by atoms with Crippen LogP contribution in [0.2, 0.25) is 0 Å². The summed E-state index contributed by atoms with van der Waals surface area (Å²) in [6.07, 6.45) is 3.73. The summed E-state index contributed by atoms with van der Waals surface area (Å²) >= 11 is 0. The van der Waals surface area contributed by atoms with Gasteiger partial charge in [-0.3, -0.25) is 4.84 Å². The van der Waals surface area contributed by atoms with Gasteiger partial charge in [0.1, 0.15) is 0 Å². The summed E-state index contributed by atoms with van der Waals surface area (Å²) in [6, 6.07) is 0. The molecule has 11 heavy (non-hydrogen) atoms. The van der Waals surface area contributed by atoms with Crippen LogP contribution in [0.4, 0.5) is 0 Å². The van der Waals surface area contributed by atoms with E-state index in [1.807, 2.05) is 5.06 Å². The van der Waals surface area contributed by atoms with Crippen LogP contribution in [0.5, 0.6) is 0 Å². The van der Waals surface area contributed by atoms with Crippen LogP contribution >= 0.6 is 0 Å². The molecular formula is C9H21NO. The number of rotatable bonds is 7. The van der Waals surface area contributed by atoms with Gasteiger partial charge in [-0.2, -0.15) is 5.06 Å². The van der Waals surface area contributed by atoms with Crippen molar-refractivity contribution >= 4 is 0 Å². The van der Waals surface area contributed by atoms with Crippen molar-refractivity contribution in [3.63, 3.8) is 0 Å². The Labute approximate surface area is 70.5 Å². The van der Waals surface area contributed by atoms with E-state index in [-0.39, 0.29) is 0 Å². The number of nitrogens with zero attached hydrogens (tertiary/aromatic N) is 1. The minimum atomic E-state index is 0.884. The molecule has 2 heteroatoms. The van der Waals surface area contributed by atoms with Gasteiger partial charge in [0.25, 0.3) is 0 Å². The Morgan fingerprint density at radius 1 is 1.00 bits per heavy atom. The van der Waals surface area contributed by atoms with Crippen LogP contribution in [0, 0.1) is 0 Å². The fraction of sp³-hybridized carbons (Fsp3) is 1.00. The van der Waals surface area contributed by atoms with E-state index in [9.17, 15) is 0 Å². The van der Waals surface area contributed by atoms with E-state index in [0.29, 0.717) is 0 Å². The molecule has 0 N–H and O–H groups in total. The third-order valence-corrected chi connectivity index (χ3v) is 1.73. The lowest BCUT2D eigenvalue weighted by Gasteiger charge is -2.17. The zero-order valence-corrected chi connectivity index (χ0v) is 8.10. The molecule has 0 aromatic rings. The second-order valence-electron chi connectivity index (χ2n) is 2.65. The SMILES string of the molecule is CCCCCON(CC)CC. The molecule has 0 atom stereocenters. The van der Waals surface area contributed by atoms with Gasteiger partial charge in [-0.25, -0.2) is 0 Å². The van der Waals surface area contributed by atoms with Gasteiger partial charge in [0.2, 0.25) is 0 Å². The molecule has 0 aliphatic heterocycles. The molecular weight excluding hydrogens is 138 g/mol. The van der Waals surface area contributed by atoms with Crippen LogP contribution in [0.15, 0.2) is 0 Å². The third-order valence-electron chi connectivity index (χ3n) is 1.73. The predicted octanol–water partition coefficient (Wildman–Crippen LogP) is 2.45. The van der Waals surface area contributed by atoms with Crippen molar-refractivity contribution < 1.29 is 4.84 Å². The normalized spacial score (nSPS) is 10.9. The van der Waals surface area contributed by atoms with E-state index in [1.54, 1.807) is 0 Å². The molecule has 0 saturated carbocycles. The summed E-state index contributed by atoms with van der Waals surface area (Å²) in [7, 11) is 0. The Morgan fingerprint density at radius 3 is 2.09 bits per heavy atom. The molecule has 0 rings (SSSR count). The van der Waals surface area contributed by atoms with Crippen LogP contribution < -0.4 is 0 Å².